The molecule has 0 atom stereocenters. The van der Waals surface area contributed by atoms with Gasteiger partial charge in [-0.15, -0.1) is 0 Å². The molecule has 0 spiro atoms. The van der Waals surface area contributed by atoms with Gasteiger partial charge in [-0.1, -0.05) is 121 Å². The summed E-state index contributed by atoms with van der Waals surface area (Å²) in [5.41, 5.74) is 11.9. The monoisotopic (exact) mass is 552 g/mol. The van der Waals surface area contributed by atoms with Crippen LogP contribution in [0.4, 0.5) is 0 Å². The highest BCUT2D eigenvalue weighted by Gasteiger charge is 2.14. The second-order valence-corrected chi connectivity index (χ2v) is 10.5. The molecule has 7 rings (SSSR count). The molecular formula is C40H28N2O. The van der Waals surface area contributed by atoms with E-state index in [2.05, 4.69) is 94.9 Å². The molecule has 1 aromatic heterocycles. The smallest absolute Gasteiger partial charge is 0.314 e. The van der Waals surface area contributed by atoms with Crippen LogP contribution in [0.3, 0.4) is 0 Å². The quantitative estimate of drug-likeness (QED) is 0.223. The first-order valence-corrected chi connectivity index (χ1v) is 14.3. The van der Waals surface area contributed by atoms with E-state index >= 15 is 0 Å². The van der Waals surface area contributed by atoms with Gasteiger partial charge in [0, 0.05) is 11.1 Å². The standard InChI is InChI=1S/C40H28N2O/c43-40-41-38(36-23-32(28-13-5-1-6-14-28)21-33(24-36)29-15-7-2-8-16-29)27-39(42-40)37-25-34(30-17-9-3-10-18-30)22-35(26-37)31-19-11-4-12-20-31/h1-27H,(H,41,42,43). The predicted molar refractivity (Wildman–Crippen MR) is 176 cm³/mol. The SMILES string of the molecule is Oc1nc(-c2cc(-c3ccccc3)cc(-c3ccccc3)c2)cc(-c2cc(-c3ccccc3)cc(-c3ccccc3)c2)n1. The van der Waals surface area contributed by atoms with E-state index in [4.69, 9.17) is 0 Å². The fourth-order valence-corrected chi connectivity index (χ4v) is 5.47. The summed E-state index contributed by atoms with van der Waals surface area (Å²) in [4.78, 5) is 9.01. The van der Waals surface area contributed by atoms with E-state index < -0.39 is 0 Å². The van der Waals surface area contributed by atoms with Crippen molar-refractivity contribution in [2.45, 2.75) is 0 Å². The maximum atomic E-state index is 10.8. The van der Waals surface area contributed by atoms with Crippen molar-refractivity contribution in [1.29, 1.82) is 0 Å². The Morgan fingerprint density at radius 2 is 0.535 bits per heavy atom. The van der Waals surface area contributed by atoms with E-state index in [-0.39, 0.29) is 6.01 Å². The Hall–Kier alpha value is -5.80. The molecule has 204 valence electrons. The van der Waals surface area contributed by atoms with Crippen LogP contribution in [-0.2, 0) is 0 Å². The lowest BCUT2D eigenvalue weighted by Crippen LogP contribution is -1.94. The van der Waals surface area contributed by atoms with Gasteiger partial charge in [-0.3, -0.25) is 0 Å². The van der Waals surface area contributed by atoms with Crippen LogP contribution >= 0.6 is 0 Å². The van der Waals surface area contributed by atoms with Gasteiger partial charge < -0.3 is 5.11 Å². The third kappa shape index (κ3) is 5.70. The highest BCUT2D eigenvalue weighted by atomic mass is 16.3. The molecule has 0 aliphatic rings. The van der Waals surface area contributed by atoms with Crippen molar-refractivity contribution in [3.05, 3.63) is 164 Å². The van der Waals surface area contributed by atoms with Gasteiger partial charge in [0.2, 0.25) is 0 Å². The average Bonchev–Trinajstić information content (AvgIpc) is 3.09. The van der Waals surface area contributed by atoms with Gasteiger partial charge in [-0.05, 0) is 87.0 Å². The number of aromatic nitrogens is 2. The van der Waals surface area contributed by atoms with Crippen LogP contribution in [0, 0.1) is 0 Å². The Kier molecular flexibility index (Phi) is 7.04. The maximum absolute atomic E-state index is 10.8. The summed E-state index contributed by atoms with van der Waals surface area (Å²) in [7, 11) is 0. The number of hydrogen-bond donors (Lipinski definition) is 1. The largest absolute Gasteiger partial charge is 0.479 e. The minimum Gasteiger partial charge on any atom is -0.479 e. The first-order valence-electron chi connectivity index (χ1n) is 14.3. The molecule has 43 heavy (non-hydrogen) atoms. The molecule has 1 heterocycles. The van der Waals surface area contributed by atoms with E-state index in [1.165, 1.54) is 0 Å². The van der Waals surface area contributed by atoms with Gasteiger partial charge in [0.05, 0.1) is 11.4 Å². The molecule has 0 aliphatic carbocycles. The zero-order chi connectivity index (χ0) is 29.0. The minimum absolute atomic E-state index is 0.259. The average molecular weight is 553 g/mol. The molecule has 0 radical (unpaired) electrons. The van der Waals surface area contributed by atoms with E-state index in [9.17, 15) is 5.11 Å². The van der Waals surface area contributed by atoms with Crippen LogP contribution in [0.1, 0.15) is 0 Å². The molecule has 0 aliphatic heterocycles. The van der Waals surface area contributed by atoms with Crippen molar-refractivity contribution in [2.75, 3.05) is 0 Å². The lowest BCUT2D eigenvalue weighted by Gasteiger charge is -2.13. The van der Waals surface area contributed by atoms with Crippen LogP contribution in [0.25, 0.3) is 67.0 Å². The van der Waals surface area contributed by atoms with E-state index in [1.54, 1.807) is 0 Å². The van der Waals surface area contributed by atoms with E-state index in [1.807, 2.05) is 78.9 Å². The molecule has 0 amide bonds. The van der Waals surface area contributed by atoms with E-state index in [0.29, 0.717) is 11.4 Å². The Labute approximate surface area is 251 Å². The predicted octanol–water partition coefficient (Wildman–Crippen LogP) is 10.2. The molecule has 7 aromatic rings. The van der Waals surface area contributed by atoms with Gasteiger partial charge in [-0.2, -0.15) is 9.97 Å². The summed E-state index contributed by atoms with van der Waals surface area (Å²) in [5, 5.41) is 10.8. The fraction of sp³-hybridized carbons (Fsp3) is 0. The summed E-state index contributed by atoms with van der Waals surface area (Å²) >= 11 is 0. The van der Waals surface area contributed by atoms with Gasteiger partial charge in [-0.25, -0.2) is 0 Å². The second-order valence-electron chi connectivity index (χ2n) is 10.5. The molecule has 0 bridgehead atoms. The highest BCUT2D eigenvalue weighted by molar-refractivity contribution is 5.83. The van der Waals surface area contributed by atoms with Gasteiger partial charge in [0.25, 0.3) is 0 Å². The fourth-order valence-electron chi connectivity index (χ4n) is 5.47. The number of benzene rings is 6. The summed E-state index contributed by atoms with van der Waals surface area (Å²) in [6, 6.07) is 55.9. The van der Waals surface area contributed by atoms with Crippen LogP contribution in [0.2, 0.25) is 0 Å². The van der Waals surface area contributed by atoms with Crippen molar-refractivity contribution < 1.29 is 5.11 Å². The molecule has 6 aromatic carbocycles. The molecule has 0 saturated carbocycles. The summed E-state index contributed by atoms with van der Waals surface area (Å²) < 4.78 is 0. The zero-order valence-electron chi connectivity index (χ0n) is 23.4. The van der Waals surface area contributed by atoms with Crippen molar-refractivity contribution in [3.63, 3.8) is 0 Å². The molecule has 3 nitrogen and oxygen atoms in total. The third-order valence-corrected chi connectivity index (χ3v) is 7.60. The van der Waals surface area contributed by atoms with Gasteiger partial charge in [0.1, 0.15) is 0 Å². The van der Waals surface area contributed by atoms with Crippen molar-refractivity contribution >= 4 is 0 Å². The second kappa shape index (κ2) is 11.6. The van der Waals surface area contributed by atoms with E-state index in [0.717, 1.165) is 55.6 Å². The van der Waals surface area contributed by atoms with Crippen molar-refractivity contribution in [3.8, 4) is 73.0 Å². The zero-order valence-corrected chi connectivity index (χ0v) is 23.4. The summed E-state index contributed by atoms with van der Waals surface area (Å²) in [5.74, 6) is 0. The molecule has 1 N–H and O–H groups in total. The number of nitrogens with zero attached hydrogens (tertiary/aromatic N) is 2. The van der Waals surface area contributed by atoms with Crippen LogP contribution in [-0.4, -0.2) is 15.1 Å². The van der Waals surface area contributed by atoms with Crippen LogP contribution < -0.4 is 0 Å². The maximum Gasteiger partial charge on any atom is 0.314 e. The lowest BCUT2D eigenvalue weighted by molar-refractivity contribution is 0.432. The lowest BCUT2D eigenvalue weighted by atomic mass is 9.93. The Balaban J connectivity index is 1.40. The van der Waals surface area contributed by atoms with Crippen molar-refractivity contribution in [1.82, 2.24) is 9.97 Å². The van der Waals surface area contributed by atoms with Crippen LogP contribution in [0.15, 0.2) is 164 Å². The van der Waals surface area contributed by atoms with Gasteiger partial charge in [0.15, 0.2) is 0 Å². The summed E-state index contributed by atoms with van der Waals surface area (Å²) in [6.07, 6.45) is 0. The molecular weight excluding hydrogens is 524 g/mol. The molecule has 3 heteroatoms. The number of hydrogen-bond acceptors (Lipinski definition) is 3. The highest BCUT2D eigenvalue weighted by Crippen LogP contribution is 2.36. The summed E-state index contributed by atoms with van der Waals surface area (Å²) in [6.45, 7) is 0. The Morgan fingerprint density at radius 3 is 0.814 bits per heavy atom. The Bertz CT molecular complexity index is 1750. The first kappa shape index (κ1) is 26.1. The minimum atomic E-state index is -0.259. The molecule has 0 unspecified atom stereocenters. The van der Waals surface area contributed by atoms with Gasteiger partial charge >= 0.3 is 6.01 Å². The van der Waals surface area contributed by atoms with Crippen LogP contribution in [0.5, 0.6) is 6.01 Å². The third-order valence-electron chi connectivity index (χ3n) is 7.60. The topological polar surface area (TPSA) is 46.0 Å². The molecule has 0 saturated heterocycles. The Morgan fingerprint density at radius 1 is 0.279 bits per heavy atom. The number of rotatable bonds is 6. The van der Waals surface area contributed by atoms with Crippen molar-refractivity contribution in [2.24, 2.45) is 0 Å². The molecule has 0 fully saturated rings. The number of aromatic hydroxyl groups is 1. The first-order chi connectivity index (χ1) is 21.2. The normalized spacial score (nSPS) is 10.9.